The predicted octanol–water partition coefficient (Wildman–Crippen LogP) is 1.10. The molecule has 69 valence electrons. The van der Waals surface area contributed by atoms with Gasteiger partial charge < -0.3 is 0 Å². The van der Waals surface area contributed by atoms with Crippen molar-refractivity contribution in [2.45, 2.75) is 24.1 Å². The van der Waals surface area contributed by atoms with E-state index in [1.165, 1.54) is 0 Å². The van der Waals surface area contributed by atoms with E-state index in [0.29, 0.717) is 6.61 Å². The first-order chi connectivity index (χ1) is 5.43. The summed E-state index contributed by atoms with van der Waals surface area (Å²) in [5, 5.41) is 0. The number of rotatable bonds is 3. The molecule has 0 amide bonds. The Balaban J connectivity index is 4.61. The Morgan fingerprint density at radius 1 is 1.50 bits per heavy atom. The van der Waals surface area contributed by atoms with E-state index in [1.807, 2.05) is 17.1 Å². The van der Waals surface area contributed by atoms with Crippen LogP contribution in [-0.4, -0.2) is 35.4 Å². The topological polar surface area (TPSA) is 62.7 Å². The zero-order valence-corrected chi connectivity index (χ0v) is 9.74. The number of hydrogen-bond acceptors (Lipinski definition) is 2. The van der Waals surface area contributed by atoms with Gasteiger partial charge in [-0.25, -0.2) is 0 Å². The monoisotopic (exact) mass is 233 g/mol. The SMILES string of the molecule is CCOC(=O)C(=[N+]=[N-])[As](C)(C)C. The van der Waals surface area contributed by atoms with Gasteiger partial charge in [0, 0.05) is 0 Å². The summed E-state index contributed by atoms with van der Waals surface area (Å²) in [7, 11) is 0. The number of ether oxygens (including phenoxy) is 1. The van der Waals surface area contributed by atoms with Crippen molar-refractivity contribution in [1.29, 1.82) is 0 Å². The molecule has 0 heterocycles. The van der Waals surface area contributed by atoms with Crippen LogP contribution in [0.4, 0.5) is 0 Å². The Bertz CT molecular complexity index is 226. The third-order valence-electron chi connectivity index (χ3n) is 1.19. The van der Waals surface area contributed by atoms with Gasteiger partial charge in [-0.05, 0) is 0 Å². The molecule has 12 heavy (non-hydrogen) atoms. The molecule has 0 atom stereocenters. The van der Waals surface area contributed by atoms with E-state index in [4.69, 9.17) is 10.3 Å². The second kappa shape index (κ2) is 4.44. The third kappa shape index (κ3) is 3.20. The first kappa shape index (κ1) is 11.4. The van der Waals surface area contributed by atoms with Gasteiger partial charge in [-0.15, -0.1) is 0 Å². The maximum atomic E-state index is 11.2. The van der Waals surface area contributed by atoms with E-state index in [2.05, 4.69) is 4.79 Å². The Kier molecular flexibility index (Phi) is 4.22. The summed E-state index contributed by atoms with van der Waals surface area (Å²) in [5.74, 6) is -0.486. The van der Waals surface area contributed by atoms with Crippen LogP contribution in [0.1, 0.15) is 6.92 Å². The molecule has 0 aromatic rings. The normalized spacial score (nSPS) is 10.3. The van der Waals surface area contributed by atoms with Crippen LogP contribution in [0.25, 0.3) is 5.53 Å². The van der Waals surface area contributed by atoms with Crippen molar-refractivity contribution in [3.63, 3.8) is 0 Å². The summed E-state index contributed by atoms with van der Waals surface area (Å²) in [6, 6.07) is 0. The van der Waals surface area contributed by atoms with Crippen molar-refractivity contribution in [2.24, 2.45) is 0 Å². The minimum atomic E-state index is -2.19. The fraction of sp³-hybridized carbons (Fsp3) is 0.714. The van der Waals surface area contributed by atoms with Gasteiger partial charge in [0.15, 0.2) is 0 Å². The molecule has 0 spiro atoms. The van der Waals surface area contributed by atoms with Gasteiger partial charge in [-0.1, -0.05) is 0 Å². The van der Waals surface area contributed by atoms with Gasteiger partial charge >= 0.3 is 74.5 Å². The van der Waals surface area contributed by atoms with Crippen LogP contribution >= 0.6 is 0 Å². The number of esters is 1. The Morgan fingerprint density at radius 3 is 2.25 bits per heavy atom. The van der Waals surface area contributed by atoms with Crippen molar-refractivity contribution in [1.82, 2.24) is 0 Å². The van der Waals surface area contributed by atoms with Gasteiger partial charge in [0.25, 0.3) is 0 Å². The summed E-state index contributed by atoms with van der Waals surface area (Å²) in [5.41, 5.74) is 14.4. The van der Waals surface area contributed by atoms with E-state index in [0.717, 1.165) is 0 Å². The van der Waals surface area contributed by atoms with E-state index in [9.17, 15) is 4.79 Å². The van der Waals surface area contributed by atoms with E-state index in [1.54, 1.807) is 6.92 Å². The Morgan fingerprint density at radius 2 is 2.00 bits per heavy atom. The predicted molar refractivity (Wildman–Crippen MR) is 48.6 cm³/mol. The maximum absolute atomic E-state index is 11.2. The summed E-state index contributed by atoms with van der Waals surface area (Å²) in [4.78, 5) is 14.1. The Hall–Kier alpha value is -0.592. The molecule has 0 saturated carbocycles. The summed E-state index contributed by atoms with van der Waals surface area (Å²) < 4.78 is 4.95. The fourth-order valence-corrected chi connectivity index (χ4v) is 2.49. The molecule has 5 heteroatoms. The molecule has 1 radical (unpaired) electrons. The Labute approximate surface area is 75.0 Å². The van der Waals surface area contributed by atoms with Gasteiger partial charge in [0.2, 0.25) is 0 Å². The minimum absolute atomic E-state index is 0.218. The van der Waals surface area contributed by atoms with Gasteiger partial charge in [0.05, 0.1) is 0 Å². The summed E-state index contributed by atoms with van der Waals surface area (Å²) in [6.45, 7) is 2.04. The molecule has 0 aliphatic rings. The summed E-state index contributed by atoms with van der Waals surface area (Å²) in [6.07, 6.45) is 0. The first-order valence-corrected chi connectivity index (χ1v) is 10.2. The van der Waals surface area contributed by atoms with E-state index in [-0.39, 0.29) is 4.50 Å². The molecule has 0 aliphatic carbocycles. The van der Waals surface area contributed by atoms with Crippen LogP contribution in [0.15, 0.2) is 0 Å². The second-order valence-electron chi connectivity index (χ2n) is 3.16. The summed E-state index contributed by atoms with van der Waals surface area (Å²) >= 11 is -2.19. The van der Waals surface area contributed by atoms with Gasteiger partial charge in [-0.2, -0.15) is 0 Å². The van der Waals surface area contributed by atoms with Crippen molar-refractivity contribution in [3.05, 3.63) is 5.53 Å². The first-order valence-electron chi connectivity index (χ1n) is 3.64. The standard InChI is InChI=1S/C7H14AsN2O2/c1-5-12-7(11)6(10-9)8(2,3)4/h5H2,1-4H3. The number of carbonyl (C=O) groups is 1. The fourth-order valence-electron chi connectivity index (χ4n) is 0.644. The van der Waals surface area contributed by atoms with Crippen LogP contribution in [0.3, 0.4) is 0 Å². The van der Waals surface area contributed by atoms with Crippen LogP contribution < -0.4 is 0 Å². The molecule has 0 N–H and O–H groups in total. The van der Waals surface area contributed by atoms with Gasteiger partial charge in [0.1, 0.15) is 0 Å². The van der Waals surface area contributed by atoms with Crippen LogP contribution in [-0.2, 0) is 9.53 Å². The molecule has 0 rings (SSSR count). The zero-order valence-electron chi connectivity index (χ0n) is 7.87. The van der Waals surface area contributed by atoms with Crippen LogP contribution in [0.5, 0.6) is 0 Å². The number of hydrogen-bond donors (Lipinski definition) is 0. The van der Waals surface area contributed by atoms with Crippen molar-refractivity contribution >= 4 is 24.0 Å². The molecular formula is C7H14AsN2O2. The third-order valence-corrected chi connectivity index (χ3v) is 4.43. The average molecular weight is 233 g/mol. The van der Waals surface area contributed by atoms with Crippen molar-refractivity contribution < 1.29 is 14.3 Å². The zero-order chi connectivity index (χ0) is 9.78. The van der Waals surface area contributed by atoms with Gasteiger partial charge in [-0.3, -0.25) is 0 Å². The second-order valence-corrected chi connectivity index (χ2v) is 12.5. The van der Waals surface area contributed by atoms with E-state index < -0.39 is 19.5 Å². The molecule has 0 unspecified atom stereocenters. The molecule has 0 aromatic heterocycles. The van der Waals surface area contributed by atoms with Crippen LogP contribution in [0, 0.1) is 0 Å². The number of nitrogens with zero attached hydrogens (tertiary/aromatic N) is 2. The average Bonchev–Trinajstić information content (AvgIpc) is 1.85. The molecule has 0 aliphatic heterocycles. The molecule has 0 aromatic carbocycles. The number of carbonyl (C=O) groups excluding carboxylic acids is 1. The van der Waals surface area contributed by atoms with Crippen LogP contribution in [0.2, 0.25) is 17.1 Å². The van der Waals surface area contributed by atoms with Crippen molar-refractivity contribution in [3.8, 4) is 0 Å². The molecule has 0 saturated heterocycles. The molecule has 4 nitrogen and oxygen atoms in total. The quantitative estimate of drug-likeness (QED) is 0.241. The van der Waals surface area contributed by atoms with Crippen molar-refractivity contribution in [2.75, 3.05) is 6.61 Å². The molecule has 0 bridgehead atoms. The molecule has 0 fully saturated rings. The van der Waals surface area contributed by atoms with E-state index >= 15 is 0 Å². The molecular weight excluding hydrogens is 219 g/mol.